The van der Waals surface area contributed by atoms with Gasteiger partial charge in [-0.2, -0.15) is 0 Å². The molecule has 0 unspecified atom stereocenters. The van der Waals surface area contributed by atoms with E-state index in [4.69, 9.17) is 5.73 Å². The SMILES string of the molecule is CCc1ccc2[nH]c(-c3cncc(Br)c3)c(CCCCN)c2c1. The Morgan fingerprint density at radius 1 is 1.17 bits per heavy atom. The highest BCUT2D eigenvalue weighted by Gasteiger charge is 2.14. The second-order valence-electron chi connectivity index (χ2n) is 5.85. The molecule has 3 aromatic rings. The average Bonchev–Trinajstić information content (AvgIpc) is 2.93. The van der Waals surface area contributed by atoms with Crippen LogP contribution in [-0.4, -0.2) is 16.5 Å². The third-order valence-corrected chi connectivity index (χ3v) is 4.69. The Morgan fingerprint density at radius 3 is 2.78 bits per heavy atom. The summed E-state index contributed by atoms with van der Waals surface area (Å²) in [6.45, 7) is 2.94. The lowest BCUT2D eigenvalue weighted by molar-refractivity contribution is 0.748. The number of nitrogens with zero attached hydrogens (tertiary/aromatic N) is 1. The van der Waals surface area contributed by atoms with Gasteiger partial charge in [-0.25, -0.2) is 0 Å². The number of aromatic amines is 1. The molecule has 0 saturated heterocycles. The van der Waals surface area contributed by atoms with E-state index in [-0.39, 0.29) is 0 Å². The fraction of sp³-hybridized carbons (Fsp3) is 0.316. The van der Waals surface area contributed by atoms with E-state index in [1.54, 1.807) is 0 Å². The van der Waals surface area contributed by atoms with Crippen molar-refractivity contribution in [2.75, 3.05) is 6.54 Å². The first-order chi connectivity index (χ1) is 11.2. The molecule has 0 aliphatic heterocycles. The van der Waals surface area contributed by atoms with Gasteiger partial charge in [-0.15, -0.1) is 0 Å². The van der Waals surface area contributed by atoms with E-state index >= 15 is 0 Å². The minimum Gasteiger partial charge on any atom is -0.354 e. The standard InChI is InChI=1S/C19H22BrN3/c1-2-13-6-7-18-17(9-13)16(5-3-4-8-21)19(23-18)14-10-15(20)12-22-11-14/h6-7,9-12,23H,2-5,8,21H2,1H3. The van der Waals surface area contributed by atoms with Crippen LogP contribution in [0.1, 0.15) is 30.9 Å². The Bertz CT molecular complexity index is 807. The van der Waals surface area contributed by atoms with Gasteiger partial charge in [-0.3, -0.25) is 4.98 Å². The summed E-state index contributed by atoms with van der Waals surface area (Å²) in [5.74, 6) is 0. The van der Waals surface area contributed by atoms with Crippen LogP contribution in [0.4, 0.5) is 0 Å². The van der Waals surface area contributed by atoms with Crippen LogP contribution in [0, 0.1) is 0 Å². The molecule has 4 heteroatoms. The summed E-state index contributed by atoms with van der Waals surface area (Å²) in [6, 6.07) is 8.82. The maximum atomic E-state index is 5.67. The molecule has 1 aromatic carbocycles. The van der Waals surface area contributed by atoms with Gasteiger partial charge in [0.1, 0.15) is 0 Å². The summed E-state index contributed by atoms with van der Waals surface area (Å²) in [6.07, 6.45) is 7.98. The number of rotatable bonds is 6. The third-order valence-electron chi connectivity index (χ3n) is 4.25. The van der Waals surface area contributed by atoms with Crippen LogP contribution in [0.15, 0.2) is 41.1 Å². The van der Waals surface area contributed by atoms with Crippen LogP contribution in [0.5, 0.6) is 0 Å². The maximum absolute atomic E-state index is 5.67. The lowest BCUT2D eigenvalue weighted by atomic mass is 9.99. The van der Waals surface area contributed by atoms with Crippen LogP contribution in [0.2, 0.25) is 0 Å². The number of unbranched alkanes of at least 4 members (excludes halogenated alkanes) is 1. The van der Waals surface area contributed by atoms with E-state index in [0.29, 0.717) is 0 Å². The summed E-state index contributed by atoms with van der Waals surface area (Å²) in [5, 5.41) is 1.33. The highest BCUT2D eigenvalue weighted by molar-refractivity contribution is 9.10. The fourth-order valence-electron chi connectivity index (χ4n) is 3.02. The van der Waals surface area contributed by atoms with E-state index in [9.17, 15) is 0 Å². The molecule has 0 aliphatic rings. The van der Waals surface area contributed by atoms with Crippen molar-refractivity contribution in [1.29, 1.82) is 0 Å². The van der Waals surface area contributed by atoms with Crippen LogP contribution >= 0.6 is 15.9 Å². The topological polar surface area (TPSA) is 54.7 Å². The molecular formula is C19H22BrN3. The molecule has 0 aliphatic carbocycles. The molecule has 0 atom stereocenters. The first kappa shape index (κ1) is 16.2. The number of hydrogen-bond acceptors (Lipinski definition) is 2. The maximum Gasteiger partial charge on any atom is 0.0513 e. The van der Waals surface area contributed by atoms with Crippen molar-refractivity contribution in [3.05, 3.63) is 52.3 Å². The molecule has 120 valence electrons. The van der Waals surface area contributed by atoms with Gasteiger partial charge in [-0.05, 0) is 77.5 Å². The van der Waals surface area contributed by atoms with Crippen molar-refractivity contribution >= 4 is 26.8 Å². The van der Waals surface area contributed by atoms with Gasteiger partial charge in [0.05, 0.1) is 5.69 Å². The highest BCUT2D eigenvalue weighted by atomic mass is 79.9. The molecule has 0 spiro atoms. The number of fused-ring (bicyclic) bond motifs is 1. The molecule has 2 heterocycles. The van der Waals surface area contributed by atoms with Crippen LogP contribution in [-0.2, 0) is 12.8 Å². The van der Waals surface area contributed by atoms with Gasteiger partial charge in [-0.1, -0.05) is 13.0 Å². The zero-order valence-corrected chi connectivity index (χ0v) is 15.0. The number of nitrogens with two attached hydrogens (primary N) is 1. The molecule has 3 nitrogen and oxygen atoms in total. The van der Waals surface area contributed by atoms with Gasteiger partial charge in [0.2, 0.25) is 0 Å². The molecular weight excluding hydrogens is 350 g/mol. The first-order valence-corrected chi connectivity index (χ1v) is 8.96. The van der Waals surface area contributed by atoms with Crippen LogP contribution in [0.3, 0.4) is 0 Å². The first-order valence-electron chi connectivity index (χ1n) is 8.17. The van der Waals surface area contributed by atoms with Crippen molar-refractivity contribution in [2.24, 2.45) is 5.73 Å². The molecule has 0 fully saturated rings. The van der Waals surface area contributed by atoms with E-state index in [1.807, 2.05) is 12.4 Å². The van der Waals surface area contributed by atoms with Gasteiger partial charge >= 0.3 is 0 Å². The molecule has 3 rings (SSSR count). The van der Waals surface area contributed by atoms with Crippen molar-refractivity contribution in [1.82, 2.24) is 9.97 Å². The van der Waals surface area contributed by atoms with Crippen molar-refractivity contribution in [2.45, 2.75) is 32.6 Å². The smallest absolute Gasteiger partial charge is 0.0513 e. The Kier molecular flexibility index (Phi) is 5.13. The van der Waals surface area contributed by atoms with Gasteiger partial charge in [0.25, 0.3) is 0 Å². The van der Waals surface area contributed by atoms with E-state index in [2.05, 4.69) is 57.1 Å². The molecule has 3 N–H and O–H groups in total. The molecule has 0 amide bonds. The zero-order valence-electron chi connectivity index (χ0n) is 13.4. The van der Waals surface area contributed by atoms with E-state index in [1.165, 1.54) is 27.7 Å². The Balaban J connectivity index is 2.13. The molecule has 0 radical (unpaired) electrons. The number of halogens is 1. The summed E-state index contributed by atoms with van der Waals surface area (Å²) >= 11 is 3.52. The summed E-state index contributed by atoms with van der Waals surface area (Å²) in [4.78, 5) is 7.91. The Labute approximate surface area is 145 Å². The number of pyridine rings is 1. The minimum atomic E-state index is 0.746. The van der Waals surface area contributed by atoms with Gasteiger partial charge < -0.3 is 10.7 Å². The number of aryl methyl sites for hydroxylation is 2. The largest absolute Gasteiger partial charge is 0.354 e. The second-order valence-corrected chi connectivity index (χ2v) is 6.77. The number of hydrogen-bond donors (Lipinski definition) is 2. The van der Waals surface area contributed by atoms with E-state index in [0.717, 1.165) is 42.3 Å². The summed E-state index contributed by atoms with van der Waals surface area (Å²) in [7, 11) is 0. The Hall–Kier alpha value is -1.65. The monoisotopic (exact) mass is 371 g/mol. The zero-order chi connectivity index (χ0) is 16.2. The van der Waals surface area contributed by atoms with E-state index < -0.39 is 0 Å². The predicted molar refractivity (Wildman–Crippen MR) is 101 cm³/mol. The molecule has 23 heavy (non-hydrogen) atoms. The molecule has 0 bridgehead atoms. The van der Waals surface area contributed by atoms with Crippen molar-refractivity contribution in [3.63, 3.8) is 0 Å². The summed E-state index contributed by atoms with van der Waals surface area (Å²) in [5.41, 5.74) is 11.9. The highest BCUT2D eigenvalue weighted by Crippen LogP contribution is 2.33. The number of H-pyrrole nitrogens is 1. The lowest BCUT2D eigenvalue weighted by Gasteiger charge is -2.06. The minimum absolute atomic E-state index is 0.746. The normalized spacial score (nSPS) is 11.3. The fourth-order valence-corrected chi connectivity index (χ4v) is 3.38. The molecule has 0 saturated carbocycles. The van der Waals surface area contributed by atoms with Crippen molar-refractivity contribution < 1.29 is 0 Å². The lowest BCUT2D eigenvalue weighted by Crippen LogP contribution is -1.99. The number of aromatic nitrogens is 2. The third kappa shape index (κ3) is 3.48. The number of benzene rings is 1. The quantitative estimate of drug-likeness (QED) is 0.609. The molecule has 2 aromatic heterocycles. The van der Waals surface area contributed by atoms with Gasteiger partial charge in [0, 0.05) is 33.3 Å². The van der Waals surface area contributed by atoms with Crippen LogP contribution in [0.25, 0.3) is 22.2 Å². The van der Waals surface area contributed by atoms with Crippen LogP contribution < -0.4 is 5.73 Å². The number of nitrogens with one attached hydrogen (secondary N) is 1. The second kappa shape index (κ2) is 7.28. The van der Waals surface area contributed by atoms with Gasteiger partial charge in [0.15, 0.2) is 0 Å². The average molecular weight is 372 g/mol. The summed E-state index contributed by atoms with van der Waals surface area (Å²) < 4.78 is 0.996. The van der Waals surface area contributed by atoms with Crippen molar-refractivity contribution in [3.8, 4) is 11.3 Å². The predicted octanol–water partition coefficient (Wildman–Crippen LogP) is 4.84. The Morgan fingerprint density at radius 2 is 2.04 bits per heavy atom.